The fourth-order valence-electron chi connectivity index (χ4n) is 2.56. The second-order valence-corrected chi connectivity index (χ2v) is 7.34. The third-order valence-corrected chi connectivity index (χ3v) is 4.04. The minimum atomic E-state index is -4.66. The van der Waals surface area contributed by atoms with Crippen LogP contribution in [0.15, 0.2) is 12.1 Å². The highest BCUT2D eigenvalue weighted by molar-refractivity contribution is 6.30. The summed E-state index contributed by atoms with van der Waals surface area (Å²) in [5.41, 5.74) is -1.85. The van der Waals surface area contributed by atoms with Crippen LogP contribution in [0.3, 0.4) is 0 Å². The number of rotatable bonds is 2. The average molecular weight is 410 g/mol. The monoisotopic (exact) mass is 409 g/mol. The number of carbonyl (C=O) groups excluding carboxylic acids is 1. The van der Waals surface area contributed by atoms with Crippen LogP contribution in [0, 0.1) is 0 Å². The molecule has 2 rings (SSSR count). The zero-order chi connectivity index (χ0) is 20.6. The lowest BCUT2D eigenvalue weighted by atomic mass is 10.1. The van der Waals surface area contributed by atoms with Crippen LogP contribution >= 0.6 is 11.6 Å². The summed E-state index contributed by atoms with van der Waals surface area (Å²) >= 11 is 5.62. The standard InChI is InChI=1S/C16H19ClF3N3O4/c1-15(2,3)27-14(26)22-6-7-23(10(8-22)13(24)25)11-5-4-9(12(17)21-11)16(18,19)20/h4-5,10H,6-8H2,1-3H3,(H,24,25)/t10-/m0/s1. The Kier molecular flexibility index (Phi) is 5.79. The molecule has 1 aliphatic heterocycles. The summed E-state index contributed by atoms with van der Waals surface area (Å²) in [6.45, 7) is 5.02. The highest BCUT2D eigenvalue weighted by atomic mass is 35.5. The number of carboxylic acids is 1. The molecule has 27 heavy (non-hydrogen) atoms. The molecule has 0 aliphatic carbocycles. The average Bonchev–Trinajstić information content (AvgIpc) is 2.51. The van der Waals surface area contributed by atoms with E-state index in [1.807, 2.05) is 0 Å². The number of alkyl halides is 3. The fraction of sp³-hybridized carbons (Fsp3) is 0.562. The van der Waals surface area contributed by atoms with Crippen molar-refractivity contribution in [3.8, 4) is 0 Å². The van der Waals surface area contributed by atoms with Gasteiger partial charge in [-0.2, -0.15) is 13.2 Å². The normalized spacial score (nSPS) is 18.4. The smallest absolute Gasteiger partial charge is 0.419 e. The maximum atomic E-state index is 12.8. The summed E-state index contributed by atoms with van der Waals surface area (Å²) in [6, 6.07) is 0.615. The molecule has 150 valence electrons. The van der Waals surface area contributed by atoms with E-state index in [9.17, 15) is 27.9 Å². The van der Waals surface area contributed by atoms with E-state index in [0.717, 1.165) is 12.1 Å². The zero-order valence-corrected chi connectivity index (χ0v) is 15.6. The van der Waals surface area contributed by atoms with Gasteiger partial charge in [-0.1, -0.05) is 11.6 Å². The summed E-state index contributed by atoms with van der Waals surface area (Å²) in [7, 11) is 0. The molecule has 7 nitrogen and oxygen atoms in total. The Labute approximate surface area is 158 Å². The molecule has 11 heteroatoms. The number of aliphatic carboxylic acids is 1. The second kappa shape index (κ2) is 7.41. The Bertz CT molecular complexity index is 737. The molecule has 0 bridgehead atoms. The van der Waals surface area contributed by atoms with E-state index in [1.165, 1.54) is 9.80 Å². The molecule has 1 aromatic heterocycles. The number of ether oxygens (including phenoxy) is 1. The zero-order valence-electron chi connectivity index (χ0n) is 14.9. The minimum Gasteiger partial charge on any atom is -0.480 e. The number of amides is 1. The topological polar surface area (TPSA) is 83.0 Å². The lowest BCUT2D eigenvalue weighted by molar-refractivity contribution is -0.140. The SMILES string of the molecule is CC(C)(C)OC(=O)N1CCN(c2ccc(C(F)(F)F)c(Cl)n2)[C@H](C(=O)O)C1. The van der Waals surface area contributed by atoms with Gasteiger partial charge in [-0.05, 0) is 32.9 Å². The number of hydrogen-bond donors (Lipinski definition) is 1. The van der Waals surface area contributed by atoms with Gasteiger partial charge in [0.1, 0.15) is 22.6 Å². The van der Waals surface area contributed by atoms with Gasteiger partial charge in [-0.3, -0.25) is 0 Å². The molecule has 1 atom stereocenters. The van der Waals surface area contributed by atoms with Gasteiger partial charge in [0, 0.05) is 13.1 Å². The largest absolute Gasteiger partial charge is 0.480 e. The second-order valence-electron chi connectivity index (χ2n) is 6.98. The third kappa shape index (κ3) is 5.15. The molecule has 1 aliphatic rings. The van der Waals surface area contributed by atoms with E-state index in [4.69, 9.17) is 16.3 Å². The predicted molar refractivity (Wildman–Crippen MR) is 90.8 cm³/mol. The van der Waals surface area contributed by atoms with Crippen molar-refractivity contribution < 1.29 is 32.6 Å². The molecule has 2 heterocycles. The van der Waals surface area contributed by atoms with E-state index in [-0.39, 0.29) is 25.5 Å². The van der Waals surface area contributed by atoms with Crippen molar-refractivity contribution in [1.82, 2.24) is 9.88 Å². The van der Waals surface area contributed by atoms with Crippen LogP contribution in [0.2, 0.25) is 5.15 Å². The van der Waals surface area contributed by atoms with Crippen LogP contribution in [-0.2, 0) is 15.7 Å². The number of carboxylic acid groups (broad SMARTS) is 1. The van der Waals surface area contributed by atoms with Crippen LogP contribution in [0.4, 0.5) is 23.8 Å². The molecule has 1 saturated heterocycles. The Morgan fingerprint density at radius 3 is 2.37 bits per heavy atom. The summed E-state index contributed by atoms with van der Waals surface area (Å²) in [5, 5.41) is 8.73. The van der Waals surface area contributed by atoms with E-state index < -0.39 is 40.6 Å². The van der Waals surface area contributed by atoms with Crippen LogP contribution in [-0.4, -0.2) is 58.3 Å². The highest BCUT2D eigenvalue weighted by Gasteiger charge is 2.38. The Balaban J connectivity index is 2.23. The van der Waals surface area contributed by atoms with Gasteiger partial charge in [0.2, 0.25) is 0 Å². The lowest BCUT2D eigenvalue weighted by Crippen LogP contribution is -2.58. The van der Waals surface area contributed by atoms with Gasteiger partial charge in [-0.15, -0.1) is 0 Å². The van der Waals surface area contributed by atoms with Crippen molar-refractivity contribution in [3.63, 3.8) is 0 Å². The Hall–Kier alpha value is -2.23. The number of carbonyl (C=O) groups is 2. The van der Waals surface area contributed by atoms with Gasteiger partial charge in [-0.25, -0.2) is 14.6 Å². The number of aromatic nitrogens is 1. The summed E-state index contributed by atoms with van der Waals surface area (Å²) in [4.78, 5) is 30.0. The Morgan fingerprint density at radius 1 is 1.26 bits per heavy atom. The quantitative estimate of drug-likeness (QED) is 0.755. The molecule has 1 fully saturated rings. The van der Waals surface area contributed by atoms with Crippen LogP contribution in [0.1, 0.15) is 26.3 Å². The summed E-state index contributed by atoms with van der Waals surface area (Å²) in [5.74, 6) is -1.26. The van der Waals surface area contributed by atoms with E-state index in [0.29, 0.717) is 0 Å². The number of pyridine rings is 1. The van der Waals surface area contributed by atoms with Gasteiger partial charge in [0.05, 0.1) is 12.1 Å². The maximum absolute atomic E-state index is 12.8. The number of piperazine rings is 1. The molecule has 1 amide bonds. The number of halogens is 4. The molecule has 1 aromatic rings. The molecular weight excluding hydrogens is 391 g/mol. The summed E-state index contributed by atoms with van der Waals surface area (Å²) in [6.07, 6.45) is -5.32. The molecule has 0 spiro atoms. The first-order valence-corrected chi connectivity index (χ1v) is 8.38. The molecule has 0 saturated carbocycles. The van der Waals surface area contributed by atoms with E-state index in [1.54, 1.807) is 20.8 Å². The van der Waals surface area contributed by atoms with Gasteiger partial charge < -0.3 is 19.6 Å². The van der Waals surface area contributed by atoms with E-state index in [2.05, 4.69) is 4.98 Å². The van der Waals surface area contributed by atoms with Gasteiger partial charge in [0.15, 0.2) is 0 Å². The lowest BCUT2D eigenvalue weighted by Gasteiger charge is -2.40. The molecule has 0 unspecified atom stereocenters. The molecular formula is C16H19ClF3N3O4. The minimum absolute atomic E-state index is 0.00996. The van der Waals surface area contributed by atoms with Crippen molar-refractivity contribution in [1.29, 1.82) is 0 Å². The summed E-state index contributed by atoms with van der Waals surface area (Å²) < 4.78 is 43.7. The first-order chi connectivity index (χ1) is 12.3. The number of hydrogen-bond acceptors (Lipinski definition) is 5. The van der Waals surface area contributed by atoms with Crippen molar-refractivity contribution in [3.05, 3.63) is 22.8 Å². The molecule has 0 aromatic carbocycles. The van der Waals surface area contributed by atoms with Gasteiger partial charge >= 0.3 is 18.2 Å². The Morgan fingerprint density at radius 2 is 1.89 bits per heavy atom. The van der Waals surface area contributed by atoms with E-state index >= 15 is 0 Å². The number of nitrogens with zero attached hydrogens (tertiary/aromatic N) is 3. The van der Waals surface area contributed by atoms with Crippen molar-refractivity contribution >= 4 is 29.5 Å². The predicted octanol–water partition coefficient (Wildman–Crippen LogP) is 3.26. The number of anilines is 1. The van der Waals surface area contributed by atoms with Gasteiger partial charge in [0.25, 0.3) is 0 Å². The van der Waals surface area contributed by atoms with Crippen molar-refractivity contribution in [2.45, 2.75) is 38.6 Å². The fourth-order valence-corrected chi connectivity index (χ4v) is 2.81. The van der Waals surface area contributed by atoms with Crippen LogP contribution in [0.25, 0.3) is 0 Å². The maximum Gasteiger partial charge on any atom is 0.419 e. The van der Waals surface area contributed by atoms with Crippen LogP contribution in [0.5, 0.6) is 0 Å². The first kappa shape index (κ1) is 21.1. The van der Waals surface area contributed by atoms with Crippen molar-refractivity contribution in [2.75, 3.05) is 24.5 Å². The third-order valence-electron chi connectivity index (χ3n) is 3.75. The van der Waals surface area contributed by atoms with Crippen molar-refractivity contribution in [2.24, 2.45) is 0 Å². The molecule has 0 radical (unpaired) electrons. The first-order valence-electron chi connectivity index (χ1n) is 8.00. The highest BCUT2D eigenvalue weighted by Crippen LogP contribution is 2.35. The molecule has 1 N–H and O–H groups in total. The van der Waals surface area contributed by atoms with Crippen LogP contribution < -0.4 is 4.90 Å².